The molecule has 1 aromatic heterocycles. The summed E-state index contributed by atoms with van der Waals surface area (Å²) in [6.45, 7) is 7.85. The zero-order valence-electron chi connectivity index (χ0n) is 11.3. The molecule has 0 saturated heterocycles. The van der Waals surface area contributed by atoms with E-state index >= 15 is 0 Å². The van der Waals surface area contributed by atoms with Gasteiger partial charge < -0.3 is 5.32 Å². The zero-order chi connectivity index (χ0) is 13.8. The first-order valence-corrected chi connectivity index (χ1v) is 7.54. The Labute approximate surface area is 109 Å². The summed E-state index contributed by atoms with van der Waals surface area (Å²) in [5, 5.41) is 2.62. The number of hydrogen-bond acceptors (Lipinski definition) is 4. The van der Waals surface area contributed by atoms with Crippen LogP contribution >= 0.6 is 0 Å². The topological polar surface area (TPSA) is 71.1 Å². The van der Waals surface area contributed by atoms with Gasteiger partial charge in [-0.2, -0.15) is 0 Å². The monoisotopic (exact) mass is 271 g/mol. The molecular weight excluding hydrogens is 250 g/mol. The second kappa shape index (κ2) is 6.15. The number of anilines is 1. The second-order valence-corrected chi connectivity index (χ2v) is 6.76. The van der Waals surface area contributed by atoms with Crippen molar-refractivity contribution in [2.45, 2.75) is 39.0 Å². The van der Waals surface area contributed by atoms with E-state index in [9.17, 15) is 8.42 Å². The third-order valence-corrected chi connectivity index (χ3v) is 4.33. The summed E-state index contributed by atoms with van der Waals surface area (Å²) in [4.78, 5) is 4.05. The van der Waals surface area contributed by atoms with Gasteiger partial charge >= 0.3 is 0 Å². The smallest absolute Gasteiger partial charge is 0.236 e. The van der Waals surface area contributed by atoms with E-state index in [1.807, 2.05) is 13.8 Å². The minimum absolute atomic E-state index is 0.266. The first-order valence-electron chi connectivity index (χ1n) is 5.99. The lowest BCUT2D eigenvalue weighted by molar-refractivity contribution is 0.553. The van der Waals surface area contributed by atoms with E-state index in [1.54, 1.807) is 32.2 Å². The van der Waals surface area contributed by atoms with Crippen molar-refractivity contribution in [1.82, 2.24) is 10.3 Å². The van der Waals surface area contributed by atoms with Gasteiger partial charge in [-0.15, -0.1) is 0 Å². The van der Waals surface area contributed by atoms with Crippen LogP contribution < -0.4 is 10.0 Å². The molecule has 0 radical (unpaired) electrons. The predicted octanol–water partition coefficient (Wildman–Crippen LogP) is 1.52. The third-order valence-electron chi connectivity index (χ3n) is 2.60. The van der Waals surface area contributed by atoms with Gasteiger partial charge in [0, 0.05) is 18.8 Å². The number of aromatic nitrogens is 1. The summed E-state index contributed by atoms with van der Waals surface area (Å²) in [7, 11) is -3.38. The Bertz CT molecular complexity index is 486. The summed E-state index contributed by atoms with van der Waals surface area (Å²) < 4.78 is 26.8. The number of aryl methyl sites for hydroxylation is 1. The molecular formula is C12H21N3O2S. The van der Waals surface area contributed by atoms with Crippen molar-refractivity contribution >= 4 is 15.7 Å². The van der Waals surface area contributed by atoms with Crippen LogP contribution in [0.1, 0.15) is 26.5 Å². The fourth-order valence-corrected chi connectivity index (χ4v) is 2.40. The molecule has 0 saturated carbocycles. The molecule has 18 heavy (non-hydrogen) atoms. The van der Waals surface area contributed by atoms with Gasteiger partial charge in [0.05, 0.1) is 16.6 Å². The molecule has 2 N–H and O–H groups in total. The van der Waals surface area contributed by atoms with Gasteiger partial charge in [0.2, 0.25) is 10.0 Å². The largest absolute Gasteiger partial charge is 0.313 e. The maximum absolute atomic E-state index is 12.1. The standard InChI is InChI=1S/C12H21N3O2S/c1-9(2)14-8-10(3)18(16,17)15-12-6-5-7-13-11(12)4/h5-7,9-10,14-15H,8H2,1-4H3. The van der Waals surface area contributed by atoms with Gasteiger partial charge in [0.1, 0.15) is 0 Å². The van der Waals surface area contributed by atoms with Crippen LogP contribution in [0, 0.1) is 6.92 Å². The third kappa shape index (κ3) is 4.27. The van der Waals surface area contributed by atoms with E-state index in [-0.39, 0.29) is 6.04 Å². The maximum Gasteiger partial charge on any atom is 0.236 e. The Morgan fingerprint density at radius 2 is 2.00 bits per heavy atom. The molecule has 0 bridgehead atoms. The molecule has 1 heterocycles. The lowest BCUT2D eigenvalue weighted by Crippen LogP contribution is -2.37. The minimum Gasteiger partial charge on any atom is -0.313 e. The first-order chi connectivity index (χ1) is 8.33. The number of nitrogens with one attached hydrogen (secondary N) is 2. The van der Waals surface area contributed by atoms with E-state index < -0.39 is 15.3 Å². The number of sulfonamides is 1. The molecule has 0 aliphatic rings. The molecule has 6 heteroatoms. The molecule has 102 valence electrons. The van der Waals surface area contributed by atoms with E-state index in [0.717, 1.165) is 0 Å². The first kappa shape index (κ1) is 14.9. The predicted molar refractivity (Wildman–Crippen MR) is 74.1 cm³/mol. The molecule has 0 amide bonds. The zero-order valence-corrected chi connectivity index (χ0v) is 12.1. The number of rotatable bonds is 6. The van der Waals surface area contributed by atoms with Gasteiger partial charge in [-0.05, 0) is 26.0 Å². The molecule has 0 aromatic carbocycles. The van der Waals surface area contributed by atoms with Crippen molar-refractivity contribution in [3.63, 3.8) is 0 Å². The Morgan fingerprint density at radius 3 is 2.56 bits per heavy atom. The summed E-state index contributed by atoms with van der Waals surface area (Å²) in [5.41, 5.74) is 1.21. The van der Waals surface area contributed by atoms with Crippen LogP contribution in [-0.4, -0.2) is 31.2 Å². The highest BCUT2D eigenvalue weighted by atomic mass is 32.2. The van der Waals surface area contributed by atoms with Crippen LogP contribution in [0.5, 0.6) is 0 Å². The van der Waals surface area contributed by atoms with Crippen molar-refractivity contribution in [3.05, 3.63) is 24.0 Å². The quantitative estimate of drug-likeness (QED) is 0.823. The number of hydrogen-bond donors (Lipinski definition) is 2. The van der Waals surface area contributed by atoms with Crippen molar-refractivity contribution in [2.75, 3.05) is 11.3 Å². The SMILES string of the molecule is Cc1ncccc1NS(=O)(=O)C(C)CNC(C)C. The van der Waals surface area contributed by atoms with Crippen molar-refractivity contribution in [2.24, 2.45) is 0 Å². The van der Waals surface area contributed by atoms with Crippen molar-refractivity contribution < 1.29 is 8.42 Å². The van der Waals surface area contributed by atoms with Crippen LogP contribution in [0.3, 0.4) is 0 Å². The lowest BCUT2D eigenvalue weighted by atomic mass is 10.3. The van der Waals surface area contributed by atoms with Crippen LogP contribution in [0.4, 0.5) is 5.69 Å². The normalized spacial score (nSPS) is 13.6. The Morgan fingerprint density at radius 1 is 1.33 bits per heavy atom. The fourth-order valence-electron chi connectivity index (χ4n) is 1.36. The van der Waals surface area contributed by atoms with Crippen molar-refractivity contribution in [1.29, 1.82) is 0 Å². The molecule has 1 aromatic rings. The summed E-state index contributed by atoms with van der Waals surface area (Å²) in [5.74, 6) is 0. The van der Waals surface area contributed by atoms with Gasteiger partial charge in [0.15, 0.2) is 0 Å². The molecule has 0 aliphatic carbocycles. The van der Waals surface area contributed by atoms with Gasteiger partial charge in [0.25, 0.3) is 0 Å². The Hall–Kier alpha value is -1.14. The highest BCUT2D eigenvalue weighted by Crippen LogP contribution is 2.14. The molecule has 1 atom stereocenters. The Balaban J connectivity index is 2.73. The highest BCUT2D eigenvalue weighted by molar-refractivity contribution is 7.93. The van der Waals surface area contributed by atoms with E-state index in [4.69, 9.17) is 0 Å². The highest BCUT2D eigenvalue weighted by Gasteiger charge is 2.21. The minimum atomic E-state index is -3.38. The van der Waals surface area contributed by atoms with E-state index in [1.165, 1.54) is 0 Å². The van der Waals surface area contributed by atoms with E-state index in [0.29, 0.717) is 17.9 Å². The summed E-state index contributed by atoms with van der Waals surface area (Å²) in [6, 6.07) is 3.69. The summed E-state index contributed by atoms with van der Waals surface area (Å²) in [6.07, 6.45) is 1.64. The molecule has 1 rings (SSSR count). The van der Waals surface area contributed by atoms with Gasteiger partial charge in [-0.3, -0.25) is 9.71 Å². The van der Waals surface area contributed by atoms with Crippen LogP contribution in [0.25, 0.3) is 0 Å². The molecule has 0 fully saturated rings. The van der Waals surface area contributed by atoms with Crippen LogP contribution in [-0.2, 0) is 10.0 Å². The van der Waals surface area contributed by atoms with E-state index in [2.05, 4.69) is 15.0 Å². The van der Waals surface area contributed by atoms with Crippen molar-refractivity contribution in [3.8, 4) is 0 Å². The maximum atomic E-state index is 12.1. The molecule has 5 nitrogen and oxygen atoms in total. The lowest BCUT2D eigenvalue weighted by Gasteiger charge is -2.17. The Kier molecular flexibility index (Phi) is 5.10. The average Bonchev–Trinajstić information content (AvgIpc) is 2.28. The molecule has 0 spiro atoms. The average molecular weight is 271 g/mol. The molecule has 0 aliphatic heterocycles. The number of nitrogens with zero attached hydrogens (tertiary/aromatic N) is 1. The number of pyridine rings is 1. The van der Waals surface area contributed by atoms with Gasteiger partial charge in [-0.25, -0.2) is 8.42 Å². The van der Waals surface area contributed by atoms with Crippen LogP contribution in [0.15, 0.2) is 18.3 Å². The van der Waals surface area contributed by atoms with Gasteiger partial charge in [-0.1, -0.05) is 13.8 Å². The summed E-state index contributed by atoms with van der Waals surface area (Å²) >= 11 is 0. The van der Waals surface area contributed by atoms with Crippen LogP contribution in [0.2, 0.25) is 0 Å². The second-order valence-electron chi connectivity index (χ2n) is 4.66. The fraction of sp³-hybridized carbons (Fsp3) is 0.583. The molecule has 1 unspecified atom stereocenters.